The average Bonchev–Trinajstić information content (AvgIpc) is 2.51. The van der Waals surface area contributed by atoms with Gasteiger partial charge in [-0.2, -0.15) is 0 Å². The number of amides is 1. The van der Waals surface area contributed by atoms with E-state index < -0.39 is 6.10 Å². The van der Waals surface area contributed by atoms with E-state index in [4.69, 9.17) is 9.84 Å². The van der Waals surface area contributed by atoms with Gasteiger partial charge < -0.3 is 15.2 Å². The lowest BCUT2D eigenvalue weighted by molar-refractivity contribution is -0.120. The van der Waals surface area contributed by atoms with Gasteiger partial charge in [0.1, 0.15) is 0 Å². The molecular formula is C8H13NO3. The first-order chi connectivity index (χ1) is 5.70. The van der Waals surface area contributed by atoms with E-state index in [2.05, 4.69) is 5.32 Å². The summed E-state index contributed by atoms with van der Waals surface area (Å²) in [6.07, 6.45) is 2.02. The highest BCUT2D eigenvalue weighted by Crippen LogP contribution is 2.08. The van der Waals surface area contributed by atoms with Crippen molar-refractivity contribution in [3.8, 4) is 0 Å². The maximum Gasteiger partial charge on any atom is 0.286 e. The second-order valence-electron chi connectivity index (χ2n) is 2.76. The van der Waals surface area contributed by atoms with E-state index in [-0.39, 0.29) is 12.5 Å². The Bertz CT molecular complexity index is 198. The van der Waals surface area contributed by atoms with Gasteiger partial charge in [-0.1, -0.05) is 0 Å². The van der Waals surface area contributed by atoms with Crippen LogP contribution in [0.3, 0.4) is 0 Å². The molecule has 0 bridgehead atoms. The lowest BCUT2D eigenvalue weighted by atomic mass is 10.3. The standard InChI is InChI=1S/C8H13NO3/c1-6(10)5-9-8(11)7-3-2-4-12-7/h3,6,10H,2,4-5H2,1H3,(H,9,11). The van der Waals surface area contributed by atoms with Crippen LogP contribution in [0, 0.1) is 0 Å². The van der Waals surface area contributed by atoms with Crippen LogP contribution in [0.1, 0.15) is 13.3 Å². The summed E-state index contributed by atoms with van der Waals surface area (Å²) in [6, 6.07) is 0. The number of aliphatic hydroxyl groups excluding tert-OH is 1. The summed E-state index contributed by atoms with van der Waals surface area (Å²) in [4.78, 5) is 11.1. The summed E-state index contributed by atoms with van der Waals surface area (Å²) >= 11 is 0. The van der Waals surface area contributed by atoms with Crippen LogP contribution in [0.4, 0.5) is 0 Å². The predicted octanol–water partition coefficient (Wildman–Crippen LogP) is -0.212. The maximum atomic E-state index is 11.1. The molecule has 0 aromatic carbocycles. The van der Waals surface area contributed by atoms with Gasteiger partial charge in [-0.3, -0.25) is 4.79 Å². The van der Waals surface area contributed by atoms with Crippen LogP contribution in [-0.2, 0) is 9.53 Å². The van der Waals surface area contributed by atoms with Crippen LogP contribution >= 0.6 is 0 Å². The van der Waals surface area contributed by atoms with Crippen molar-refractivity contribution in [3.05, 3.63) is 11.8 Å². The van der Waals surface area contributed by atoms with Crippen molar-refractivity contribution in [1.29, 1.82) is 0 Å². The maximum absolute atomic E-state index is 11.1. The van der Waals surface area contributed by atoms with Crippen molar-refractivity contribution in [3.63, 3.8) is 0 Å². The quantitative estimate of drug-likeness (QED) is 0.617. The molecule has 0 radical (unpaired) electrons. The van der Waals surface area contributed by atoms with Crippen molar-refractivity contribution >= 4 is 5.91 Å². The molecular weight excluding hydrogens is 158 g/mol. The molecule has 0 aromatic rings. The SMILES string of the molecule is CC(O)CNC(=O)C1=CCCO1. The number of hydrogen-bond acceptors (Lipinski definition) is 3. The zero-order chi connectivity index (χ0) is 8.97. The largest absolute Gasteiger partial charge is 0.488 e. The normalized spacial score (nSPS) is 18.0. The Kier molecular flexibility index (Phi) is 3.10. The Labute approximate surface area is 71.2 Å². The summed E-state index contributed by atoms with van der Waals surface area (Å²) in [7, 11) is 0. The first-order valence-electron chi connectivity index (χ1n) is 3.99. The number of carbonyl (C=O) groups excluding carboxylic acids is 1. The molecule has 68 valence electrons. The fourth-order valence-corrected chi connectivity index (χ4v) is 0.904. The van der Waals surface area contributed by atoms with Gasteiger partial charge in [-0.05, 0) is 13.0 Å². The molecule has 0 fully saturated rings. The van der Waals surface area contributed by atoms with Gasteiger partial charge in [0.2, 0.25) is 0 Å². The molecule has 1 heterocycles. The molecule has 0 aliphatic carbocycles. The molecule has 1 rings (SSSR count). The number of aliphatic hydroxyl groups is 1. The number of nitrogens with one attached hydrogen (secondary N) is 1. The molecule has 0 spiro atoms. The Morgan fingerprint density at radius 3 is 3.17 bits per heavy atom. The topological polar surface area (TPSA) is 58.6 Å². The summed E-state index contributed by atoms with van der Waals surface area (Å²) in [5.74, 6) is 0.129. The Morgan fingerprint density at radius 1 is 1.92 bits per heavy atom. The van der Waals surface area contributed by atoms with E-state index in [1.54, 1.807) is 13.0 Å². The van der Waals surface area contributed by atoms with Crippen LogP contribution in [-0.4, -0.2) is 30.3 Å². The van der Waals surface area contributed by atoms with E-state index in [1.165, 1.54) is 0 Å². The summed E-state index contributed by atoms with van der Waals surface area (Å²) in [5.41, 5.74) is 0. The van der Waals surface area contributed by atoms with Crippen molar-refractivity contribution in [1.82, 2.24) is 5.32 Å². The molecule has 0 aromatic heterocycles. The van der Waals surface area contributed by atoms with Gasteiger partial charge in [0, 0.05) is 13.0 Å². The Hall–Kier alpha value is -1.03. The second-order valence-corrected chi connectivity index (χ2v) is 2.76. The first-order valence-corrected chi connectivity index (χ1v) is 3.99. The zero-order valence-corrected chi connectivity index (χ0v) is 7.04. The van der Waals surface area contributed by atoms with E-state index in [0.717, 1.165) is 6.42 Å². The van der Waals surface area contributed by atoms with E-state index in [1.807, 2.05) is 0 Å². The smallest absolute Gasteiger partial charge is 0.286 e. The van der Waals surface area contributed by atoms with Gasteiger partial charge >= 0.3 is 0 Å². The van der Waals surface area contributed by atoms with Crippen LogP contribution in [0.15, 0.2) is 11.8 Å². The molecule has 1 aliphatic heterocycles. The summed E-state index contributed by atoms with van der Waals surface area (Å²) in [6.45, 7) is 2.46. The van der Waals surface area contributed by atoms with Crippen molar-refractivity contribution in [2.45, 2.75) is 19.4 Å². The van der Waals surface area contributed by atoms with Gasteiger partial charge in [-0.25, -0.2) is 0 Å². The first kappa shape index (κ1) is 9.06. The number of hydrogen-bond donors (Lipinski definition) is 2. The molecule has 1 unspecified atom stereocenters. The molecule has 4 nitrogen and oxygen atoms in total. The predicted molar refractivity (Wildman–Crippen MR) is 43.3 cm³/mol. The van der Waals surface area contributed by atoms with Crippen LogP contribution < -0.4 is 5.32 Å². The molecule has 0 saturated carbocycles. The van der Waals surface area contributed by atoms with Crippen molar-refractivity contribution < 1.29 is 14.6 Å². The van der Waals surface area contributed by atoms with Crippen LogP contribution in [0.2, 0.25) is 0 Å². The van der Waals surface area contributed by atoms with E-state index in [9.17, 15) is 4.79 Å². The third-order valence-electron chi connectivity index (χ3n) is 1.49. The lowest BCUT2D eigenvalue weighted by Gasteiger charge is -2.07. The molecule has 2 N–H and O–H groups in total. The highest BCUT2D eigenvalue weighted by atomic mass is 16.5. The Morgan fingerprint density at radius 2 is 2.67 bits per heavy atom. The van der Waals surface area contributed by atoms with E-state index >= 15 is 0 Å². The zero-order valence-electron chi connectivity index (χ0n) is 7.04. The molecule has 1 aliphatic rings. The highest BCUT2D eigenvalue weighted by molar-refractivity contribution is 5.91. The molecule has 1 amide bonds. The minimum atomic E-state index is -0.518. The number of carbonyl (C=O) groups is 1. The molecule has 12 heavy (non-hydrogen) atoms. The van der Waals surface area contributed by atoms with Gasteiger partial charge in [0.15, 0.2) is 5.76 Å². The van der Waals surface area contributed by atoms with Gasteiger partial charge in [0.25, 0.3) is 5.91 Å². The highest BCUT2D eigenvalue weighted by Gasteiger charge is 2.14. The minimum absolute atomic E-state index is 0.242. The minimum Gasteiger partial charge on any atom is -0.488 e. The number of rotatable bonds is 3. The average molecular weight is 171 g/mol. The molecule has 1 atom stereocenters. The fraction of sp³-hybridized carbons (Fsp3) is 0.625. The van der Waals surface area contributed by atoms with Gasteiger partial charge in [-0.15, -0.1) is 0 Å². The summed E-state index contributed by atoms with van der Waals surface area (Å²) in [5, 5.41) is 11.4. The summed E-state index contributed by atoms with van der Waals surface area (Å²) < 4.78 is 5.01. The van der Waals surface area contributed by atoms with Crippen LogP contribution in [0.25, 0.3) is 0 Å². The fourth-order valence-electron chi connectivity index (χ4n) is 0.904. The lowest BCUT2D eigenvalue weighted by Crippen LogP contribution is -2.31. The van der Waals surface area contributed by atoms with Crippen molar-refractivity contribution in [2.75, 3.05) is 13.2 Å². The van der Waals surface area contributed by atoms with Crippen LogP contribution in [0.5, 0.6) is 0 Å². The monoisotopic (exact) mass is 171 g/mol. The third-order valence-corrected chi connectivity index (χ3v) is 1.49. The molecule has 4 heteroatoms. The van der Waals surface area contributed by atoms with E-state index in [0.29, 0.717) is 12.4 Å². The second kappa shape index (κ2) is 4.11. The Balaban J connectivity index is 2.28. The third kappa shape index (κ3) is 2.54. The number of ether oxygens (including phenoxy) is 1. The molecule has 0 saturated heterocycles. The van der Waals surface area contributed by atoms with Gasteiger partial charge in [0.05, 0.1) is 12.7 Å². The van der Waals surface area contributed by atoms with Crippen molar-refractivity contribution in [2.24, 2.45) is 0 Å².